The van der Waals surface area contributed by atoms with Gasteiger partial charge < -0.3 is 15.0 Å². The van der Waals surface area contributed by atoms with Crippen LogP contribution in [0.1, 0.15) is 11.1 Å². The maximum Gasteiger partial charge on any atom is 0.0891 e. The zero-order valence-electron chi connectivity index (χ0n) is 15.8. The van der Waals surface area contributed by atoms with E-state index in [9.17, 15) is 5.11 Å². The van der Waals surface area contributed by atoms with Gasteiger partial charge in [0.15, 0.2) is 0 Å². The minimum Gasteiger partial charge on any atom is -0.389 e. The summed E-state index contributed by atoms with van der Waals surface area (Å²) in [7, 11) is 0. The molecule has 1 atom stereocenters. The van der Waals surface area contributed by atoms with Gasteiger partial charge in [-0.2, -0.15) is 0 Å². The van der Waals surface area contributed by atoms with Gasteiger partial charge in [-0.25, -0.2) is 0 Å². The molecule has 4 rings (SSSR count). The molecule has 144 valence electrons. The second-order valence-electron chi connectivity index (χ2n) is 7.22. The molecule has 0 aliphatic rings. The number of benzene rings is 3. The standard InChI is InChI=1S/C23H22Cl2N2O/c1-14-4-3-5-21(15(14)2)26-12-18(28)13-27-22-8-6-16(24)10-19(22)20-11-17(25)7-9-23(20)27/h3-11,18,26,28H,12-13H2,1-2H3. The largest absolute Gasteiger partial charge is 0.389 e. The molecular formula is C23H22Cl2N2O. The van der Waals surface area contributed by atoms with Gasteiger partial charge in [0, 0.05) is 44.1 Å². The lowest BCUT2D eigenvalue weighted by Gasteiger charge is -2.17. The molecule has 28 heavy (non-hydrogen) atoms. The van der Waals surface area contributed by atoms with Crippen molar-refractivity contribution in [1.29, 1.82) is 0 Å². The van der Waals surface area contributed by atoms with E-state index in [0.29, 0.717) is 23.1 Å². The summed E-state index contributed by atoms with van der Waals surface area (Å²) in [5, 5.41) is 17.6. The van der Waals surface area contributed by atoms with E-state index in [1.54, 1.807) is 0 Å². The van der Waals surface area contributed by atoms with Gasteiger partial charge in [0.2, 0.25) is 0 Å². The van der Waals surface area contributed by atoms with Crippen molar-refractivity contribution in [3.8, 4) is 0 Å². The maximum absolute atomic E-state index is 10.7. The monoisotopic (exact) mass is 412 g/mol. The summed E-state index contributed by atoms with van der Waals surface area (Å²) in [5.41, 5.74) is 5.56. The fourth-order valence-electron chi connectivity index (χ4n) is 3.69. The van der Waals surface area contributed by atoms with Crippen LogP contribution in [0, 0.1) is 13.8 Å². The van der Waals surface area contributed by atoms with E-state index in [1.807, 2.05) is 48.5 Å². The number of rotatable bonds is 5. The lowest BCUT2D eigenvalue weighted by atomic mass is 10.1. The van der Waals surface area contributed by atoms with E-state index < -0.39 is 6.10 Å². The van der Waals surface area contributed by atoms with Crippen molar-refractivity contribution in [2.75, 3.05) is 11.9 Å². The van der Waals surface area contributed by atoms with Gasteiger partial charge in [-0.15, -0.1) is 0 Å². The molecule has 0 aliphatic carbocycles. The number of aliphatic hydroxyl groups excluding tert-OH is 1. The molecule has 1 unspecified atom stereocenters. The number of nitrogens with one attached hydrogen (secondary N) is 1. The average Bonchev–Trinajstić information content (AvgIpc) is 2.95. The van der Waals surface area contributed by atoms with E-state index in [2.05, 4.69) is 29.8 Å². The zero-order chi connectivity index (χ0) is 19.8. The highest BCUT2D eigenvalue weighted by molar-refractivity contribution is 6.33. The molecule has 3 nitrogen and oxygen atoms in total. The van der Waals surface area contributed by atoms with E-state index >= 15 is 0 Å². The summed E-state index contributed by atoms with van der Waals surface area (Å²) in [6.45, 7) is 5.11. The Morgan fingerprint density at radius 1 is 0.929 bits per heavy atom. The van der Waals surface area contributed by atoms with Crippen LogP contribution < -0.4 is 5.32 Å². The average molecular weight is 413 g/mol. The third-order valence-electron chi connectivity index (χ3n) is 5.32. The fraction of sp³-hybridized carbons (Fsp3) is 0.217. The molecule has 0 saturated heterocycles. The summed E-state index contributed by atoms with van der Waals surface area (Å²) in [4.78, 5) is 0. The molecule has 1 heterocycles. The summed E-state index contributed by atoms with van der Waals surface area (Å²) < 4.78 is 2.13. The van der Waals surface area contributed by atoms with Gasteiger partial charge >= 0.3 is 0 Å². The third-order valence-corrected chi connectivity index (χ3v) is 5.79. The first-order valence-corrected chi connectivity index (χ1v) is 10.0. The number of aliphatic hydroxyl groups is 1. The first-order chi connectivity index (χ1) is 13.4. The second-order valence-corrected chi connectivity index (χ2v) is 8.09. The van der Waals surface area contributed by atoms with Gasteiger partial charge in [0.25, 0.3) is 0 Å². The number of hydrogen-bond acceptors (Lipinski definition) is 2. The Kier molecular flexibility index (Phi) is 5.24. The van der Waals surface area contributed by atoms with E-state index in [-0.39, 0.29) is 0 Å². The Morgan fingerprint density at radius 2 is 1.54 bits per heavy atom. The predicted molar refractivity (Wildman–Crippen MR) is 120 cm³/mol. The number of fused-ring (bicyclic) bond motifs is 3. The quantitative estimate of drug-likeness (QED) is 0.409. The highest BCUT2D eigenvalue weighted by Crippen LogP contribution is 2.33. The molecule has 0 amide bonds. The van der Waals surface area contributed by atoms with Gasteiger partial charge in [0.1, 0.15) is 0 Å². The molecule has 1 aromatic heterocycles. The van der Waals surface area contributed by atoms with Gasteiger partial charge in [-0.05, 0) is 67.4 Å². The number of aryl methyl sites for hydroxylation is 1. The molecule has 5 heteroatoms. The van der Waals surface area contributed by atoms with Crippen molar-refractivity contribution in [2.45, 2.75) is 26.5 Å². The summed E-state index contributed by atoms with van der Waals surface area (Å²) >= 11 is 12.4. The number of anilines is 1. The molecule has 2 N–H and O–H groups in total. The van der Waals surface area contributed by atoms with E-state index in [1.165, 1.54) is 11.1 Å². The Hall–Kier alpha value is -2.20. The normalized spacial score (nSPS) is 12.6. The summed E-state index contributed by atoms with van der Waals surface area (Å²) in [6.07, 6.45) is -0.551. The van der Waals surface area contributed by atoms with Crippen LogP contribution in [-0.4, -0.2) is 22.3 Å². The smallest absolute Gasteiger partial charge is 0.0891 e. The number of aromatic nitrogens is 1. The van der Waals surface area contributed by atoms with Gasteiger partial charge in [-0.3, -0.25) is 0 Å². The Morgan fingerprint density at radius 3 is 2.14 bits per heavy atom. The minimum atomic E-state index is -0.551. The summed E-state index contributed by atoms with van der Waals surface area (Å²) in [5.74, 6) is 0. The molecule has 0 aliphatic heterocycles. The number of halogens is 2. The van der Waals surface area contributed by atoms with Crippen LogP contribution in [0.4, 0.5) is 5.69 Å². The van der Waals surface area contributed by atoms with Crippen molar-refractivity contribution < 1.29 is 5.11 Å². The van der Waals surface area contributed by atoms with Gasteiger partial charge in [0.05, 0.1) is 12.6 Å². The maximum atomic E-state index is 10.7. The molecule has 0 radical (unpaired) electrons. The molecule has 3 aromatic carbocycles. The molecule has 0 fully saturated rings. The molecule has 0 saturated carbocycles. The van der Waals surface area contributed by atoms with Crippen molar-refractivity contribution in [1.82, 2.24) is 4.57 Å². The van der Waals surface area contributed by atoms with Crippen LogP contribution in [0.3, 0.4) is 0 Å². The number of nitrogens with zero attached hydrogens (tertiary/aromatic N) is 1. The highest BCUT2D eigenvalue weighted by Gasteiger charge is 2.15. The van der Waals surface area contributed by atoms with E-state index in [0.717, 1.165) is 27.5 Å². The first kappa shape index (κ1) is 19.1. The van der Waals surface area contributed by atoms with E-state index in [4.69, 9.17) is 23.2 Å². The molecule has 4 aromatic rings. The second kappa shape index (κ2) is 7.67. The highest BCUT2D eigenvalue weighted by atomic mass is 35.5. The SMILES string of the molecule is Cc1cccc(NCC(O)Cn2c3ccc(Cl)cc3c3cc(Cl)ccc32)c1C. The lowest BCUT2D eigenvalue weighted by Crippen LogP contribution is -2.25. The minimum absolute atomic E-state index is 0.465. The predicted octanol–water partition coefficient (Wildman–Crippen LogP) is 6.19. The van der Waals surface area contributed by atoms with Crippen LogP contribution >= 0.6 is 23.2 Å². The van der Waals surface area contributed by atoms with Crippen LogP contribution in [0.25, 0.3) is 21.8 Å². The third kappa shape index (κ3) is 3.58. The molecular weight excluding hydrogens is 391 g/mol. The van der Waals surface area contributed by atoms with Gasteiger partial charge in [-0.1, -0.05) is 35.3 Å². The van der Waals surface area contributed by atoms with Crippen molar-refractivity contribution in [2.24, 2.45) is 0 Å². The Balaban J connectivity index is 1.64. The van der Waals surface area contributed by atoms with Crippen LogP contribution in [0.2, 0.25) is 10.0 Å². The van der Waals surface area contributed by atoms with Crippen LogP contribution in [0.5, 0.6) is 0 Å². The van der Waals surface area contributed by atoms with Crippen molar-refractivity contribution in [3.05, 3.63) is 75.8 Å². The first-order valence-electron chi connectivity index (χ1n) is 9.29. The molecule has 0 spiro atoms. The van der Waals surface area contributed by atoms with Crippen molar-refractivity contribution in [3.63, 3.8) is 0 Å². The lowest BCUT2D eigenvalue weighted by molar-refractivity contribution is 0.169. The molecule has 0 bridgehead atoms. The Bertz CT molecular complexity index is 1110. The number of hydrogen-bond donors (Lipinski definition) is 2. The van der Waals surface area contributed by atoms with Crippen LogP contribution in [-0.2, 0) is 6.54 Å². The zero-order valence-corrected chi connectivity index (χ0v) is 17.3. The Labute approximate surface area is 174 Å². The van der Waals surface area contributed by atoms with Crippen molar-refractivity contribution >= 4 is 50.7 Å². The summed E-state index contributed by atoms with van der Waals surface area (Å²) in [6, 6.07) is 17.8. The topological polar surface area (TPSA) is 37.2 Å². The van der Waals surface area contributed by atoms with Crippen LogP contribution in [0.15, 0.2) is 54.6 Å². The fourth-order valence-corrected chi connectivity index (χ4v) is 4.04.